The van der Waals surface area contributed by atoms with Crippen LogP contribution in [0.5, 0.6) is 0 Å². The lowest BCUT2D eigenvalue weighted by Crippen LogP contribution is -2.24. The number of nitrogens with zero attached hydrogens (tertiary/aromatic N) is 1. The fraction of sp³-hybridized carbons (Fsp3) is 0.176. The van der Waals surface area contributed by atoms with Crippen LogP contribution in [0.15, 0.2) is 42.7 Å². The van der Waals surface area contributed by atoms with E-state index in [0.717, 1.165) is 11.1 Å². The molecule has 3 N–H and O–H groups in total. The van der Waals surface area contributed by atoms with Gasteiger partial charge in [-0.2, -0.15) is 0 Å². The van der Waals surface area contributed by atoms with Gasteiger partial charge in [-0.3, -0.25) is 9.78 Å². The molecule has 1 heterocycles. The van der Waals surface area contributed by atoms with E-state index in [1.165, 1.54) is 0 Å². The summed E-state index contributed by atoms with van der Waals surface area (Å²) in [4.78, 5) is 16.3. The average molecular weight is 279 g/mol. The number of carbonyl (C=O) groups excluding carboxylic acids is 1. The summed E-state index contributed by atoms with van der Waals surface area (Å²) in [7, 11) is 0. The van der Waals surface area contributed by atoms with E-state index in [1.54, 1.807) is 18.5 Å². The smallest absolute Gasteiger partial charge is 0.252 e. The van der Waals surface area contributed by atoms with E-state index in [9.17, 15) is 4.79 Å². The van der Waals surface area contributed by atoms with Crippen molar-refractivity contribution in [1.82, 2.24) is 10.3 Å². The van der Waals surface area contributed by atoms with Crippen LogP contribution in [-0.4, -0.2) is 17.4 Å². The minimum absolute atomic E-state index is 0.145. The summed E-state index contributed by atoms with van der Waals surface area (Å²) in [5.41, 5.74) is 8.72. The van der Waals surface area contributed by atoms with E-state index in [2.05, 4.69) is 22.1 Å². The number of rotatable bonds is 3. The lowest BCUT2D eigenvalue weighted by atomic mass is 10.1. The molecule has 0 fully saturated rings. The molecule has 0 radical (unpaired) electrons. The third-order valence-corrected chi connectivity index (χ3v) is 3.07. The highest BCUT2D eigenvalue weighted by molar-refractivity contribution is 5.96. The number of benzene rings is 1. The SMILES string of the molecule is Cc1cnccc1CNC(=O)c1ccccc1C#CCN. The van der Waals surface area contributed by atoms with E-state index < -0.39 is 0 Å². The average Bonchev–Trinajstić information content (AvgIpc) is 2.52. The van der Waals surface area contributed by atoms with Gasteiger partial charge in [0.1, 0.15) is 0 Å². The molecule has 1 amide bonds. The second-order valence-electron chi connectivity index (χ2n) is 4.54. The van der Waals surface area contributed by atoms with Crippen LogP contribution in [0.4, 0.5) is 0 Å². The van der Waals surface area contributed by atoms with Gasteiger partial charge in [0.15, 0.2) is 0 Å². The van der Waals surface area contributed by atoms with Crippen molar-refractivity contribution >= 4 is 5.91 Å². The summed E-state index contributed by atoms with van der Waals surface area (Å²) in [5.74, 6) is 5.54. The monoisotopic (exact) mass is 279 g/mol. The standard InChI is InChI=1S/C17H17N3O/c1-13-11-19-10-8-15(13)12-20-17(21)16-7-3-2-5-14(16)6-4-9-18/h2-3,5,7-8,10-11H,9,12,18H2,1H3,(H,20,21). The quantitative estimate of drug-likeness (QED) is 0.839. The first-order valence-electron chi connectivity index (χ1n) is 6.68. The molecular weight excluding hydrogens is 262 g/mol. The van der Waals surface area contributed by atoms with Crippen molar-refractivity contribution in [3.8, 4) is 11.8 Å². The number of hydrogen-bond acceptors (Lipinski definition) is 3. The highest BCUT2D eigenvalue weighted by Gasteiger charge is 2.09. The fourth-order valence-electron chi connectivity index (χ4n) is 1.91. The van der Waals surface area contributed by atoms with Crippen molar-refractivity contribution in [1.29, 1.82) is 0 Å². The number of nitrogens with two attached hydrogens (primary N) is 1. The Hall–Kier alpha value is -2.64. The Morgan fingerprint density at radius 2 is 2.14 bits per heavy atom. The predicted octanol–water partition coefficient (Wildman–Crippen LogP) is 1.63. The molecular formula is C17H17N3O. The van der Waals surface area contributed by atoms with Crippen molar-refractivity contribution in [2.45, 2.75) is 13.5 Å². The zero-order chi connectivity index (χ0) is 15.1. The van der Waals surface area contributed by atoms with Crippen molar-refractivity contribution < 1.29 is 4.79 Å². The Labute approximate surface area is 124 Å². The van der Waals surface area contributed by atoms with Gasteiger partial charge in [0.25, 0.3) is 5.91 Å². The van der Waals surface area contributed by atoms with Crippen LogP contribution >= 0.6 is 0 Å². The Morgan fingerprint density at radius 1 is 1.33 bits per heavy atom. The topological polar surface area (TPSA) is 68.0 Å². The molecule has 106 valence electrons. The summed E-state index contributed by atoms with van der Waals surface area (Å²) in [6, 6.07) is 9.14. The van der Waals surface area contributed by atoms with Gasteiger partial charge in [-0.15, -0.1) is 0 Å². The fourth-order valence-corrected chi connectivity index (χ4v) is 1.91. The molecule has 4 heteroatoms. The zero-order valence-corrected chi connectivity index (χ0v) is 11.9. The number of aromatic nitrogens is 1. The summed E-state index contributed by atoms with van der Waals surface area (Å²) < 4.78 is 0. The molecule has 0 bridgehead atoms. The minimum atomic E-state index is -0.145. The molecule has 0 spiro atoms. The molecule has 0 aliphatic carbocycles. The highest BCUT2D eigenvalue weighted by Crippen LogP contribution is 2.09. The van der Waals surface area contributed by atoms with Crippen molar-refractivity contribution in [2.24, 2.45) is 5.73 Å². The van der Waals surface area contributed by atoms with Crippen LogP contribution in [-0.2, 0) is 6.54 Å². The highest BCUT2D eigenvalue weighted by atomic mass is 16.1. The van der Waals surface area contributed by atoms with Crippen LogP contribution < -0.4 is 11.1 Å². The molecule has 4 nitrogen and oxygen atoms in total. The van der Waals surface area contributed by atoms with E-state index in [1.807, 2.05) is 31.2 Å². The van der Waals surface area contributed by atoms with Crippen molar-refractivity contribution in [3.63, 3.8) is 0 Å². The largest absolute Gasteiger partial charge is 0.348 e. The summed E-state index contributed by atoms with van der Waals surface area (Å²) >= 11 is 0. The van der Waals surface area contributed by atoms with Gasteiger partial charge >= 0.3 is 0 Å². The Morgan fingerprint density at radius 3 is 2.90 bits per heavy atom. The number of nitrogens with one attached hydrogen (secondary N) is 1. The third-order valence-electron chi connectivity index (χ3n) is 3.07. The summed E-state index contributed by atoms with van der Waals surface area (Å²) in [6.07, 6.45) is 3.50. The first-order chi connectivity index (χ1) is 10.2. The van der Waals surface area contributed by atoms with Crippen molar-refractivity contribution in [2.75, 3.05) is 6.54 Å². The molecule has 21 heavy (non-hydrogen) atoms. The second-order valence-corrected chi connectivity index (χ2v) is 4.54. The van der Waals surface area contributed by atoms with Crippen LogP contribution in [0.2, 0.25) is 0 Å². The number of hydrogen-bond donors (Lipinski definition) is 2. The number of amides is 1. The summed E-state index contributed by atoms with van der Waals surface area (Å²) in [6.45, 7) is 2.70. The first-order valence-corrected chi connectivity index (χ1v) is 6.68. The minimum Gasteiger partial charge on any atom is -0.348 e. The molecule has 1 aromatic heterocycles. The van der Waals surface area contributed by atoms with Gasteiger partial charge in [0.2, 0.25) is 0 Å². The molecule has 0 saturated carbocycles. The van der Waals surface area contributed by atoms with Crippen LogP contribution in [0.25, 0.3) is 0 Å². The maximum absolute atomic E-state index is 12.3. The molecule has 2 rings (SSSR count). The lowest BCUT2D eigenvalue weighted by molar-refractivity contribution is 0.0950. The molecule has 2 aromatic rings. The van der Waals surface area contributed by atoms with Crippen molar-refractivity contribution in [3.05, 3.63) is 65.0 Å². The normalized spacial score (nSPS) is 9.62. The van der Waals surface area contributed by atoms with E-state index >= 15 is 0 Å². The third kappa shape index (κ3) is 3.91. The predicted molar refractivity (Wildman–Crippen MR) is 82.5 cm³/mol. The number of aryl methyl sites for hydroxylation is 1. The Kier molecular flexibility index (Phi) is 5.08. The summed E-state index contributed by atoms with van der Waals surface area (Å²) in [5, 5.41) is 2.91. The van der Waals surface area contributed by atoms with E-state index in [0.29, 0.717) is 17.7 Å². The molecule has 1 aromatic carbocycles. The molecule has 0 aliphatic heterocycles. The lowest BCUT2D eigenvalue weighted by Gasteiger charge is -2.08. The van der Waals surface area contributed by atoms with Gasteiger partial charge in [-0.25, -0.2) is 0 Å². The van der Waals surface area contributed by atoms with Crippen LogP contribution in [0.3, 0.4) is 0 Å². The zero-order valence-electron chi connectivity index (χ0n) is 11.9. The van der Waals surface area contributed by atoms with Crippen LogP contribution in [0, 0.1) is 18.8 Å². The Balaban J connectivity index is 2.12. The van der Waals surface area contributed by atoms with E-state index in [-0.39, 0.29) is 12.5 Å². The van der Waals surface area contributed by atoms with Gasteiger partial charge in [0, 0.05) is 24.5 Å². The van der Waals surface area contributed by atoms with Gasteiger partial charge in [-0.05, 0) is 36.2 Å². The Bertz CT molecular complexity index is 698. The number of pyridine rings is 1. The second kappa shape index (κ2) is 7.22. The van der Waals surface area contributed by atoms with E-state index in [4.69, 9.17) is 5.73 Å². The maximum atomic E-state index is 12.3. The number of carbonyl (C=O) groups is 1. The van der Waals surface area contributed by atoms with Crippen LogP contribution in [0.1, 0.15) is 27.0 Å². The first kappa shape index (κ1) is 14.8. The maximum Gasteiger partial charge on any atom is 0.252 e. The van der Waals surface area contributed by atoms with Gasteiger partial charge in [0.05, 0.1) is 12.1 Å². The molecule has 0 atom stereocenters. The molecule has 0 saturated heterocycles. The molecule has 0 unspecified atom stereocenters. The van der Waals surface area contributed by atoms with Gasteiger partial charge in [-0.1, -0.05) is 24.0 Å². The van der Waals surface area contributed by atoms with Gasteiger partial charge < -0.3 is 11.1 Å². The molecule has 0 aliphatic rings.